The Hall–Kier alpha value is -1.16. The molecule has 2 nitrogen and oxygen atoms in total. The number of nitrogens with one attached hydrogen (secondary N) is 1. The minimum absolute atomic E-state index is 0.0143. The molecule has 0 amide bonds. The number of halogens is 2. The third kappa shape index (κ3) is 3.20. The topological polar surface area (TPSA) is 21.3 Å². The summed E-state index contributed by atoms with van der Waals surface area (Å²) >= 11 is 0. The van der Waals surface area contributed by atoms with E-state index < -0.39 is 11.6 Å². The molecule has 1 saturated carbocycles. The van der Waals surface area contributed by atoms with E-state index in [2.05, 4.69) is 33.0 Å². The van der Waals surface area contributed by atoms with E-state index in [0.29, 0.717) is 18.1 Å². The summed E-state index contributed by atoms with van der Waals surface area (Å²) in [5.74, 6) is -0.558. The predicted octanol–water partition coefficient (Wildman–Crippen LogP) is 4.52. The van der Waals surface area contributed by atoms with Crippen LogP contribution in [0.3, 0.4) is 0 Å². The fourth-order valence-electron chi connectivity index (χ4n) is 2.69. The van der Waals surface area contributed by atoms with Gasteiger partial charge in [0.1, 0.15) is 11.5 Å². The summed E-state index contributed by atoms with van der Waals surface area (Å²) < 4.78 is 33.8. The maximum absolute atomic E-state index is 14.1. The lowest BCUT2D eigenvalue weighted by molar-refractivity contribution is -0.109. The van der Waals surface area contributed by atoms with Gasteiger partial charge < -0.3 is 10.1 Å². The molecule has 0 aromatic heterocycles. The van der Waals surface area contributed by atoms with Gasteiger partial charge in [-0.2, -0.15) is 0 Å². The number of benzene rings is 1. The number of hydrogen-bond donors (Lipinski definition) is 1. The molecule has 118 valence electrons. The summed E-state index contributed by atoms with van der Waals surface area (Å²) in [6, 6.07) is 2.77. The zero-order chi connectivity index (χ0) is 15.8. The van der Waals surface area contributed by atoms with Gasteiger partial charge in [-0.1, -0.05) is 33.8 Å². The highest BCUT2D eigenvalue weighted by molar-refractivity contribution is 5.50. The van der Waals surface area contributed by atoms with Crippen molar-refractivity contribution in [2.45, 2.75) is 53.2 Å². The van der Waals surface area contributed by atoms with Gasteiger partial charge in [-0.15, -0.1) is 0 Å². The van der Waals surface area contributed by atoms with Crippen LogP contribution in [0.2, 0.25) is 0 Å². The average molecular weight is 297 g/mol. The standard InChI is InChI=1S/C17H25F2NO/c1-10(2)9-21-14-8-13(17(14,4)5)20-16-12(18)7-6-11(3)15(16)19/h6-7,10,13-14,20H,8-9H2,1-5H3. The van der Waals surface area contributed by atoms with Crippen LogP contribution in [0.5, 0.6) is 0 Å². The molecule has 1 aromatic carbocycles. The highest BCUT2D eigenvalue weighted by Crippen LogP contribution is 2.45. The van der Waals surface area contributed by atoms with Crippen LogP contribution in [0.4, 0.5) is 14.5 Å². The molecule has 2 atom stereocenters. The van der Waals surface area contributed by atoms with Crippen molar-refractivity contribution in [3.05, 3.63) is 29.3 Å². The second-order valence-electron chi connectivity index (χ2n) is 7.02. The molecule has 2 unspecified atom stereocenters. The minimum Gasteiger partial charge on any atom is -0.377 e. The molecule has 0 bridgehead atoms. The summed E-state index contributed by atoms with van der Waals surface area (Å²) in [5.41, 5.74) is 0.288. The molecule has 1 fully saturated rings. The smallest absolute Gasteiger partial charge is 0.152 e. The van der Waals surface area contributed by atoms with Crippen molar-refractivity contribution in [3.8, 4) is 0 Å². The first-order chi connectivity index (χ1) is 9.73. The Bertz CT molecular complexity index is 514. The first kappa shape index (κ1) is 16.2. The van der Waals surface area contributed by atoms with Gasteiger partial charge in [0.05, 0.1) is 6.10 Å². The normalized spacial score (nSPS) is 24.0. The van der Waals surface area contributed by atoms with Crippen molar-refractivity contribution in [1.82, 2.24) is 0 Å². The van der Waals surface area contributed by atoms with E-state index in [0.717, 1.165) is 6.42 Å². The number of aryl methyl sites for hydroxylation is 1. The van der Waals surface area contributed by atoms with Gasteiger partial charge in [0.2, 0.25) is 0 Å². The van der Waals surface area contributed by atoms with Crippen LogP contribution >= 0.6 is 0 Å². The van der Waals surface area contributed by atoms with Crippen LogP contribution in [0, 0.1) is 29.9 Å². The second kappa shape index (κ2) is 5.91. The monoisotopic (exact) mass is 297 g/mol. The van der Waals surface area contributed by atoms with Gasteiger partial charge in [-0.25, -0.2) is 8.78 Å². The fourth-order valence-corrected chi connectivity index (χ4v) is 2.69. The summed E-state index contributed by atoms with van der Waals surface area (Å²) in [6.07, 6.45) is 0.903. The highest BCUT2D eigenvalue weighted by atomic mass is 19.1. The zero-order valence-electron chi connectivity index (χ0n) is 13.5. The van der Waals surface area contributed by atoms with E-state index in [4.69, 9.17) is 4.74 Å². The number of anilines is 1. The molecule has 1 aliphatic carbocycles. The Kier molecular flexibility index (Phi) is 4.57. The van der Waals surface area contributed by atoms with Gasteiger partial charge in [0, 0.05) is 18.1 Å². The lowest BCUT2D eigenvalue weighted by atomic mass is 9.64. The molecule has 21 heavy (non-hydrogen) atoms. The lowest BCUT2D eigenvalue weighted by Gasteiger charge is -2.52. The van der Waals surface area contributed by atoms with E-state index >= 15 is 0 Å². The Balaban J connectivity index is 2.04. The molecule has 0 radical (unpaired) electrons. The van der Waals surface area contributed by atoms with Gasteiger partial charge in [-0.3, -0.25) is 0 Å². The molecule has 1 N–H and O–H groups in total. The molecule has 1 aromatic rings. The molecule has 0 aliphatic heterocycles. The summed E-state index contributed by atoms with van der Waals surface area (Å²) in [6.45, 7) is 10.7. The second-order valence-corrected chi connectivity index (χ2v) is 7.02. The first-order valence-corrected chi connectivity index (χ1v) is 7.56. The number of ether oxygens (including phenoxy) is 1. The number of hydrogen-bond acceptors (Lipinski definition) is 2. The number of rotatable bonds is 5. The van der Waals surface area contributed by atoms with E-state index in [1.165, 1.54) is 12.1 Å². The summed E-state index contributed by atoms with van der Waals surface area (Å²) in [5, 5.41) is 3.03. The summed E-state index contributed by atoms with van der Waals surface area (Å²) in [4.78, 5) is 0. The Morgan fingerprint density at radius 1 is 1.33 bits per heavy atom. The van der Waals surface area contributed by atoms with E-state index in [-0.39, 0.29) is 23.2 Å². The third-order valence-corrected chi connectivity index (χ3v) is 4.41. The minimum atomic E-state index is -0.541. The SMILES string of the molecule is Cc1ccc(F)c(NC2CC(OCC(C)C)C2(C)C)c1F. The van der Waals surface area contributed by atoms with Crippen molar-refractivity contribution >= 4 is 5.69 Å². The van der Waals surface area contributed by atoms with Gasteiger partial charge in [-0.05, 0) is 30.9 Å². The van der Waals surface area contributed by atoms with E-state index in [1.807, 2.05) is 0 Å². The molecule has 4 heteroatoms. The maximum Gasteiger partial charge on any atom is 0.152 e. The van der Waals surface area contributed by atoms with Crippen LogP contribution in [-0.4, -0.2) is 18.8 Å². The van der Waals surface area contributed by atoms with E-state index in [1.54, 1.807) is 6.92 Å². The largest absolute Gasteiger partial charge is 0.377 e. The maximum atomic E-state index is 14.1. The summed E-state index contributed by atoms with van der Waals surface area (Å²) in [7, 11) is 0. The van der Waals surface area contributed by atoms with Gasteiger partial charge >= 0.3 is 0 Å². The van der Waals surface area contributed by atoms with Gasteiger partial charge in [0.15, 0.2) is 5.82 Å². The van der Waals surface area contributed by atoms with Crippen molar-refractivity contribution in [2.75, 3.05) is 11.9 Å². The van der Waals surface area contributed by atoms with Crippen LogP contribution < -0.4 is 5.32 Å². The van der Waals surface area contributed by atoms with Crippen LogP contribution in [0.15, 0.2) is 12.1 Å². The zero-order valence-corrected chi connectivity index (χ0v) is 13.5. The predicted molar refractivity (Wildman–Crippen MR) is 81.5 cm³/mol. The van der Waals surface area contributed by atoms with Crippen LogP contribution in [0.25, 0.3) is 0 Å². The first-order valence-electron chi connectivity index (χ1n) is 7.56. The Morgan fingerprint density at radius 2 is 2.00 bits per heavy atom. The van der Waals surface area contributed by atoms with Gasteiger partial charge in [0.25, 0.3) is 0 Å². The van der Waals surface area contributed by atoms with Crippen molar-refractivity contribution in [3.63, 3.8) is 0 Å². The average Bonchev–Trinajstić information content (AvgIpc) is 2.40. The molecular weight excluding hydrogens is 272 g/mol. The Labute approximate surface area is 125 Å². The van der Waals surface area contributed by atoms with Crippen LogP contribution in [-0.2, 0) is 4.74 Å². The fraction of sp³-hybridized carbons (Fsp3) is 0.647. The lowest BCUT2D eigenvalue weighted by Crippen LogP contribution is -2.58. The molecule has 0 heterocycles. The quantitative estimate of drug-likeness (QED) is 0.862. The molecule has 0 spiro atoms. The molecule has 1 aliphatic rings. The van der Waals surface area contributed by atoms with E-state index in [9.17, 15) is 8.78 Å². The van der Waals surface area contributed by atoms with Crippen LogP contribution in [0.1, 0.15) is 39.7 Å². The molecule has 0 saturated heterocycles. The van der Waals surface area contributed by atoms with Crippen molar-refractivity contribution in [2.24, 2.45) is 11.3 Å². The molecular formula is C17H25F2NO. The Morgan fingerprint density at radius 3 is 2.57 bits per heavy atom. The van der Waals surface area contributed by atoms with Crippen molar-refractivity contribution in [1.29, 1.82) is 0 Å². The highest BCUT2D eigenvalue weighted by Gasteiger charge is 2.49. The molecule has 2 rings (SSSR count). The third-order valence-electron chi connectivity index (χ3n) is 4.41. The van der Waals surface area contributed by atoms with Crippen molar-refractivity contribution < 1.29 is 13.5 Å².